The van der Waals surface area contributed by atoms with Crippen molar-refractivity contribution in [2.45, 2.75) is 52.0 Å². The van der Waals surface area contributed by atoms with Crippen LogP contribution in [0.4, 0.5) is 5.82 Å². The molecule has 26 heavy (non-hydrogen) atoms. The van der Waals surface area contributed by atoms with Gasteiger partial charge in [0.2, 0.25) is 0 Å². The van der Waals surface area contributed by atoms with E-state index in [-0.39, 0.29) is 24.0 Å². The highest BCUT2D eigenvalue weighted by molar-refractivity contribution is 14.0. The highest BCUT2D eigenvalue weighted by atomic mass is 127. The molecule has 1 aliphatic carbocycles. The molecule has 1 N–H and O–H groups in total. The van der Waals surface area contributed by atoms with Gasteiger partial charge in [-0.15, -0.1) is 24.0 Å². The molecule has 0 atom stereocenters. The van der Waals surface area contributed by atoms with Crippen LogP contribution in [0.1, 0.15) is 51.0 Å². The van der Waals surface area contributed by atoms with Crippen LogP contribution in [0.3, 0.4) is 0 Å². The van der Waals surface area contributed by atoms with Crippen molar-refractivity contribution in [2.24, 2.45) is 10.4 Å². The van der Waals surface area contributed by atoms with Crippen molar-refractivity contribution < 1.29 is 0 Å². The normalized spacial score (nSPS) is 21.7. The van der Waals surface area contributed by atoms with Crippen LogP contribution in [0, 0.1) is 5.41 Å². The minimum absolute atomic E-state index is 0. The lowest BCUT2D eigenvalue weighted by atomic mass is 9.68. The molecule has 0 bridgehead atoms. The summed E-state index contributed by atoms with van der Waals surface area (Å²) in [5, 5.41) is 3.50. The summed E-state index contributed by atoms with van der Waals surface area (Å²) < 4.78 is 0. The molecule has 3 heterocycles. The fourth-order valence-electron chi connectivity index (χ4n) is 4.47. The summed E-state index contributed by atoms with van der Waals surface area (Å²) in [7, 11) is 0. The molecule has 1 aromatic rings. The van der Waals surface area contributed by atoms with Gasteiger partial charge >= 0.3 is 0 Å². The lowest BCUT2D eigenvalue weighted by Crippen LogP contribution is -2.42. The number of hydrogen-bond acceptors (Lipinski definition) is 3. The van der Waals surface area contributed by atoms with Crippen molar-refractivity contribution in [3.05, 3.63) is 23.9 Å². The Bertz CT molecular complexity index is 622. The molecule has 0 radical (unpaired) electrons. The molecule has 5 nitrogen and oxygen atoms in total. The van der Waals surface area contributed by atoms with Crippen molar-refractivity contribution in [3.8, 4) is 0 Å². The van der Waals surface area contributed by atoms with Gasteiger partial charge in [0.15, 0.2) is 5.96 Å². The molecule has 3 aliphatic rings. The van der Waals surface area contributed by atoms with Crippen LogP contribution in [0.25, 0.3) is 0 Å². The molecule has 1 saturated carbocycles. The summed E-state index contributed by atoms with van der Waals surface area (Å²) in [6.07, 6.45) is 10.1. The Hall–Kier alpha value is -1.05. The summed E-state index contributed by atoms with van der Waals surface area (Å²) in [6, 6.07) is 4.32. The number of halogens is 1. The highest BCUT2D eigenvalue weighted by Crippen LogP contribution is 2.47. The largest absolute Gasteiger partial charge is 0.357 e. The van der Waals surface area contributed by atoms with Gasteiger partial charge in [0.1, 0.15) is 5.82 Å². The number of rotatable bonds is 4. The quantitative estimate of drug-likeness (QED) is 0.416. The van der Waals surface area contributed by atoms with E-state index in [1.807, 2.05) is 6.20 Å². The fraction of sp³-hybridized carbons (Fsp3) is 0.700. The van der Waals surface area contributed by atoms with E-state index in [0.29, 0.717) is 5.41 Å². The molecule has 3 fully saturated rings. The SMILES string of the molecule is CCNC(=NCc1ccnc(N2CCCC2)c1)N1CCC2(CCC2)C1.I. The number of likely N-dealkylation sites (tertiary alicyclic amines) is 1. The zero-order valence-corrected chi connectivity index (χ0v) is 18.2. The summed E-state index contributed by atoms with van der Waals surface area (Å²) >= 11 is 0. The van der Waals surface area contributed by atoms with E-state index >= 15 is 0 Å². The van der Waals surface area contributed by atoms with Crippen LogP contribution in [-0.4, -0.2) is 48.6 Å². The summed E-state index contributed by atoms with van der Waals surface area (Å²) in [6.45, 7) is 8.43. The molecular weight excluding hydrogens is 437 g/mol. The Morgan fingerprint density at radius 2 is 2.00 bits per heavy atom. The summed E-state index contributed by atoms with van der Waals surface area (Å²) in [5.41, 5.74) is 1.86. The third-order valence-electron chi connectivity index (χ3n) is 6.14. The van der Waals surface area contributed by atoms with Crippen molar-refractivity contribution in [2.75, 3.05) is 37.6 Å². The Balaban J connectivity index is 0.00000196. The van der Waals surface area contributed by atoms with Crippen molar-refractivity contribution in [1.29, 1.82) is 0 Å². The van der Waals surface area contributed by atoms with E-state index in [1.165, 1.54) is 50.6 Å². The first kappa shape index (κ1) is 19.7. The first-order chi connectivity index (χ1) is 12.3. The first-order valence-electron chi connectivity index (χ1n) is 10.0. The summed E-state index contributed by atoms with van der Waals surface area (Å²) in [4.78, 5) is 14.4. The predicted molar refractivity (Wildman–Crippen MR) is 118 cm³/mol. The van der Waals surface area contributed by atoms with Crippen molar-refractivity contribution in [3.63, 3.8) is 0 Å². The Labute approximate surface area is 174 Å². The van der Waals surface area contributed by atoms with Gasteiger partial charge in [-0.05, 0) is 62.1 Å². The second kappa shape index (κ2) is 8.76. The van der Waals surface area contributed by atoms with Gasteiger partial charge in [0.05, 0.1) is 6.54 Å². The van der Waals surface area contributed by atoms with E-state index in [0.717, 1.165) is 44.5 Å². The molecule has 0 unspecified atom stereocenters. The zero-order chi connectivity index (χ0) is 17.1. The maximum atomic E-state index is 4.94. The Kier molecular flexibility index (Phi) is 6.64. The number of aromatic nitrogens is 1. The third kappa shape index (κ3) is 4.26. The highest BCUT2D eigenvalue weighted by Gasteiger charge is 2.43. The number of nitrogens with zero attached hydrogens (tertiary/aromatic N) is 4. The number of guanidine groups is 1. The van der Waals surface area contributed by atoms with Gasteiger partial charge in [-0.25, -0.2) is 9.98 Å². The average Bonchev–Trinajstić information content (AvgIpc) is 3.28. The number of nitrogens with one attached hydrogen (secondary N) is 1. The van der Waals surface area contributed by atoms with Gasteiger partial charge in [-0.3, -0.25) is 0 Å². The monoisotopic (exact) mass is 469 g/mol. The molecule has 2 aliphatic heterocycles. The maximum absolute atomic E-state index is 4.94. The van der Waals surface area contributed by atoms with Gasteiger partial charge in [-0.2, -0.15) is 0 Å². The maximum Gasteiger partial charge on any atom is 0.194 e. The molecule has 6 heteroatoms. The topological polar surface area (TPSA) is 43.8 Å². The molecule has 0 aromatic carbocycles. The van der Waals surface area contributed by atoms with Gasteiger partial charge in [0, 0.05) is 38.9 Å². The standard InChI is InChI=1S/C20H31N5.HI/c1-2-21-19(25-13-9-20(16-25)7-5-8-20)23-15-17-6-10-22-18(14-17)24-11-3-4-12-24;/h6,10,14H,2-5,7-9,11-13,15-16H2,1H3,(H,21,23);1H. The number of aliphatic imine (C=N–C) groups is 1. The zero-order valence-electron chi connectivity index (χ0n) is 15.9. The van der Waals surface area contributed by atoms with Crippen LogP contribution >= 0.6 is 24.0 Å². The lowest BCUT2D eigenvalue weighted by molar-refractivity contribution is 0.151. The second-order valence-electron chi connectivity index (χ2n) is 7.91. The first-order valence-corrected chi connectivity index (χ1v) is 10.0. The second-order valence-corrected chi connectivity index (χ2v) is 7.91. The fourth-order valence-corrected chi connectivity index (χ4v) is 4.47. The van der Waals surface area contributed by atoms with Crippen LogP contribution in [0.15, 0.2) is 23.3 Å². The van der Waals surface area contributed by atoms with Gasteiger partial charge < -0.3 is 15.1 Å². The molecule has 1 spiro atoms. The third-order valence-corrected chi connectivity index (χ3v) is 6.14. The van der Waals surface area contributed by atoms with Crippen LogP contribution in [0.2, 0.25) is 0 Å². The van der Waals surface area contributed by atoms with E-state index in [4.69, 9.17) is 4.99 Å². The molecule has 0 amide bonds. The number of anilines is 1. The molecular formula is C20H32IN5. The predicted octanol–water partition coefficient (Wildman–Crippen LogP) is 3.64. The van der Waals surface area contributed by atoms with Crippen LogP contribution in [0.5, 0.6) is 0 Å². The molecule has 4 rings (SSSR count). The van der Waals surface area contributed by atoms with Crippen LogP contribution < -0.4 is 10.2 Å². The number of pyridine rings is 1. The Morgan fingerprint density at radius 1 is 1.19 bits per heavy atom. The average molecular weight is 469 g/mol. The minimum atomic E-state index is 0. The molecule has 144 valence electrons. The van der Waals surface area contributed by atoms with Gasteiger partial charge in [-0.1, -0.05) is 6.42 Å². The minimum Gasteiger partial charge on any atom is -0.357 e. The van der Waals surface area contributed by atoms with E-state index in [1.54, 1.807) is 0 Å². The smallest absolute Gasteiger partial charge is 0.194 e. The van der Waals surface area contributed by atoms with E-state index in [9.17, 15) is 0 Å². The number of hydrogen-bond donors (Lipinski definition) is 1. The van der Waals surface area contributed by atoms with Crippen LogP contribution in [-0.2, 0) is 6.54 Å². The molecule has 1 aromatic heterocycles. The van der Waals surface area contributed by atoms with Crippen molar-refractivity contribution >= 4 is 35.8 Å². The lowest BCUT2D eigenvalue weighted by Gasteiger charge is -2.38. The van der Waals surface area contributed by atoms with Crippen molar-refractivity contribution in [1.82, 2.24) is 15.2 Å². The Morgan fingerprint density at radius 3 is 2.65 bits per heavy atom. The molecule has 2 saturated heterocycles. The van der Waals surface area contributed by atoms with Gasteiger partial charge in [0.25, 0.3) is 0 Å². The van der Waals surface area contributed by atoms with E-state index < -0.39 is 0 Å². The van der Waals surface area contributed by atoms with E-state index in [2.05, 4.69) is 39.2 Å². The summed E-state index contributed by atoms with van der Waals surface area (Å²) in [5.74, 6) is 2.20.